The van der Waals surface area contributed by atoms with E-state index in [4.69, 9.17) is 4.74 Å². The number of fused-ring (bicyclic) bond motifs is 2. The van der Waals surface area contributed by atoms with Gasteiger partial charge in [-0.2, -0.15) is 15.0 Å². The molecule has 0 spiro atoms. The van der Waals surface area contributed by atoms with Crippen LogP contribution in [0.2, 0.25) is 0 Å². The molecule has 0 saturated carbocycles. The Morgan fingerprint density at radius 2 is 1.85 bits per heavy atom. The van der Waals surface area contributed by atoms with E-state index < -0.39 is 17.3 Å². The Bertz CT molecular complexity index is 1580. The van der Waals surface area contributed by atoms with Gasteiger partial charge in [0.2, 0.25) is 0 Å². The molecule has 0 bridgehead atoms. The lowest BCUT2D eigenvalue weighted by Crippen LogP contribution is -2.48. The molecule has 40 heavy (non-hydrogen) atoms. The number of aromatic nitrogens is 5. The summed E-state index contributed by atoms with van der Waals surface area (Å²) in [7, 11) is 1.71. The molecule has 212 valence electrons. The van der Waals surface area contributed by atoms with Gasteiger partial charge in [-0.25, -0.2) is 14.2 Å². The number of ether oxygens (including phenoxy) is 1. The van der Waals surface area contributed by atoms with Crippen LogP contribution in [0.3, 0.4) is 0 Å². The third-order valence-electron chi connectivity index (χ3n) is 6.96. The molecule has 1 saturated heterocycles. The molecule has 1 aromatic carbocycles. The zero-order valence-electron chi connectivity index (χ0n) is 23.7. The smallest absolute Gasteiger partial charge is 0.410 e. The molecular formula is C28H35FN8O3. The summed E-state index contributed by atoms with van der Waals surface area (Å²) in [5.74, 6) is -0.940. The maximum absolute atomic E-state index is 14.6. The second-order valence-corrected chi connectivity index (χ2v) is 11.1. The van der Waals surface area contributed by atoms with E-state index in [9.17, 15) is 14.0 Å². The number of aryl methyl sites for hydroxylation is 2. The van der Waals surface area contributed by atoms with Gasteiger partial charge in [0.25, 0.3) is 5.91 Å². The van der Waals surface area contributed by atoms with Gasteiger partial charge in [-0.05, 0) is 59.6 Å². The fourth-order valence-electron chi connectivity index (χ4n) is 5.24. The summed E-state index contributed by atoms with van der Waals surface area (Å²) >= 11 is 0. The normalized spacial score (nSPS) is 14.6. The van der Waals surface area contributed by atoms with E-state index in [2.05, 4.69) is 25.4 Å². The number of imidazole rings is 1. The molecule has 1 fully saturated rings. The fourth-order valence-corrected chi connectivity index (χ4v) is 5.24. The highest BCUT2D eigenvalue weighted by molar-refractivity contribution is 6.13. The summed E-state index contributed by atoms with van der Waals surface area (Å²) in [5.41, 5.74) is 2.93. The quantitative estimate of drug-likeness (QED) is 0.388. The highest BCUT2D eigenvalue weighted by atomic mass is 19.1. The highest BCUT2D eigenvalue weighted by Crippen LogP contribution is 2.31. The molecule has 0 aliphatic carbocycles. The summed E-state index contributed by atoms with van der Waals surface area (Å²) in [6.45, 7) is 11.4. The number of pyridine rings is 1. The first kappa shape index (κ1) is 27.4. The Kier molecular flexibility index (Phi) is 7.11. The van der Waals surface area contributed by atoms with E-state index in [0.29, 0.717) is 47.6 Å². The van der Waals surface area contributed by atoms with Gasteiger partial charge in [0.15, 0.2) is 11.5 Å². The lowest BCUT2D eigenvalue weighted by molar-refractivity contribution is 0.0149. The van der Waals surface area contributed by atoms with Crippen LogP contribution < -0.4 is 10.2 Å². The first-order chi connectivity index (χ1) is 18.9. The first-order valence-electron chi connectivity index (χ1n) is 13.5. The van der Waals surface area contributed by atoms with Crippen LogP contribution in [0, 0.1) is 12.7 Å². The molecule has 11 nitrogen and oxygen atoms in total. The van der Waals surface area contributed by atoms with E-state index in [-0.39, 0.29) is 17.8 Å². The van der Waals surface area contributed by atoms with Crippen molar-refractivity contribution in [1.82, 2.24) is 29.3 Å². The number of hydrogen-bond acceptors (Lipinski definition) is 7. The number of piperidine rings is 1. The van der Waals surface area contributed by atoms with Crippen molar-refractivity contribution in [2.75, 3.05) is 29.9 Å². The van der Waals surface area contributed by atoms with Crippen LogP contribution in [-0.4, -0.2) is 72.6 Å². The van der Waals surface area contributed by atoms with Crippen LogP contribution >= 0.6 is 0 Å². The predicted octanol–water partition coefficient (Wildman–Crippen LogP) is 4.54. The third kappa shape index (κ3) is 5.43. The van der Waals surface area contributed by atoms with Crippen molar-refractivity contribution in [2.45, 2.75) is 59.1 Å². The lowest BCUT2D eigenvalue weighted by Gasteiger charge is -2.39. The second kappa shape index (κ2) is 10.4. The van der Waals surface area contributed by atoms with Crippen LogP contribution in [0.1, 0.15) is 56.6 Å². The highest BCUT2D eigenvalue weighted by Gasteiger charge is 2.31. The Morgan fingerprint density at radius 1 is 1.15 bits per heavy atom. The minimum Gasteiger partial charge on any atom is -0.444 e. The topological polar surface area (TPSA) is 110 Å². The molecule has 2 amide bonds. The van der Waals surface area contributed by atoms with Gasteiger partial charge in [-0.3, -0.25) is 4.79 Å². The summed E-state index contributed by atoms with van der Waals surface area (Å²) in [4.78, 5) is 35.6. The van der Waals surface area contributed by atoms with Gasteiger partial charge in [-0.15, -0.1) is 0 Å². The molecule has 0 atom stereocenters. The van der Waals surface area contributed by atoms with Crippen molar-refractivity contribution >= 4 is 40.1 Å². The van der Waals surface area contributed by atoms with Crippen LogP contribution in [-0.2, 0) is 11.8 Å². The molecule has 0 radical (unpaired) electrons. The summed E-state index contributed by atoms with van der Waals surface area (Å²) in [6.07, 6.45) is 4.58. The van der Waals surface area contributed by atoms with Crippen molar-refractivity contribution < 1.29 is 18.7 Å². The molecule has 1 aliphatic heterocycles. The molecule has 1 N–H and O–H groups in total. The molecule has 0 unspecified atom stereocenters. The molecule has 4 heterocycles. The third-order valence-corrected chi connectivity index (χ3v) is 6.96. The monoisotopic (exact) mass is 550 g/mol. The van der Waals surface area contributed by atoms with Crippen molar-refractivity contribution in [2.24, 2.45) is 7.05 Å². The Labute approximate surface area is 231 Å². The maximum atomic E-state index is 14.6. The molecule has 5 rings (SSSR count). The number of nitrogens with one attached hydrogen (secondary N) is 1. The van der Waals surface area contributed by atoms with Gasteiger partial charge < -0.3 is 24.3 Å². The van der Waals surface area contributed by atoms with E-state index in [0.717, 1.165) is 18.5 Å². The zero-order valence-corrected chi connectivity index (χ0v) is 23.7. The summed E-state index contributed by atoms with van der Waals surface area (Å²) in [6, 6.07) is 4.93. The number of anilines is 2. The van der Waals surface area contributed by atoms with Gasteiger partial charge in [0, 0.05) is 51.2 Å². The van der Waals surface area contributed by atoms with Crippen LogP contribution in [0.5, 0.6) is 0 Å². The number of nitrogens with zero attached hydrogens (tertiary/aromatic N) is 7. The largest absolute Gasteiger partial charge is 0.444 e. The standard InChI is InChI=1S/C28H35FN8O3/c1-7-37(27(39)40-28(3,4)5)19-10-12-35(13-11-19)22-9-8-20(23-24(22)33-34(6)32-23)26(38)31-18-14-21(29)25-30-17(2)15-36(25)16-18/h8-9,14-16,19H,7,10-13H2,1-6H3,(H,31,38). The van der Waals surface area contributed by atoms with Crippen LogP contribution in [0.25, 0.3) is 16.7 Å². The summed E-state index contributed by atoms with van der Waals surface area (Å²) in [5, 5.41) is 11.8. The van der Waals surface area contributed by atoms with Crippen molar-refractivity contribution in [3.63, 3.8) is 0 Å². The Morgan fingerprint density at radius 3 is 2.52 bits per heavy atom. The Balaban J connectivity index is 1.34. The second-order valence-electron chi connectivity index (χ2n) is 11.1. The number of hydrogen-bond donors (Lipinski definition) is 1. The van der Waals surface area contributed by atoms with Gasteiger partial charge in [-0.1, -0.05) is 0 Å². The van der Waals surface area contributed by atoms with Crippen molar-refractivity contribution in [1.29, 1.82) is 0 Å². The zero-order chi connectivity index (χ0) is 28.8. The fraction of sp³-hybridized carbons (Fsp3) is 0.464. The maximum Gasteiger partial charge on any atom is 0.410 e. The number of halogens is 1. The van der Waals surface area contributed by atoms with Crippen LogP contribution in [0.4, 0.5) is 20.6 Å². The van der Waals surface area contributed by atoms with Crippen molar-refractivity contribution in [3.8, 4) is 0 Å². The minimum absolute atomic E-state index is 0.0792. The minimum atomic E-state index is -0.545. The first-order valence-corrected chi connectivity index (χ1v) is 13.5. The van der Waals surface area contributed by atoms with Crippen LogP contribution in [0.15, 0.2) is 30.6 Å². The number of amides is 2. The van der Waals surface area contributed by atoms with E-state index in [1.807, 2.05) is 33.8 Å². The Hall–Kier alpha value is -4.22. The molecule has 3 aromatic heterocycles. The van der Waals surface area contributed by atoms with E-state index in [1.54, 1.807) is 41.7 Å². The number of carbonyl (C=O) groups excluding carboxylic acids is 2. The van der Waals surface area contributed by atoms with E-state index in [1.165, 1.54) is 10.9 Å². The number of carbonyl (C=O) groups is 2. The summed E-state index contributed by atoms with van der Waals surface area (Å²) < 4.78 is 21.7. The molecule has 4 aromatic rings. The SMILES string of the molecule is CCN(C(=O)OC(C)(C)C)C1CCN(c2ccc(C(=O)Nc3cc(F)c4nc(C)cn4c3)c3nn(C)nc23)CC1. The average molecular weight is 551 g/mol. The number of benzene rings is 1. The lowest BCUT2D eigenvalue weighted by atomic mass is 10.0. The molecule has 1 aliphatic rings. The average Bonchev–Trinajstić information content (AvgIpc) is 3.45. The number of rotatable bonds is 5. The van der Waals surface area contributed by atoms with E-state index >= 15 is 0 Å². The van der Waals surface area contributed by atoms with Gasteiger partial charge >= 0.3 is 6.09 Å². The van der Waals surface area contributed by atoms with Gasteiger partial charge in [0.05, 0.1) is 22.6 Å². The predicted molar refractivity (Wildman–Crippen MR) is 150 cm³/mol. The molecule has 12 heteroatoms. The van der Waals surface area contributed by atoms with Gasteiger partial charge in [0.1, 0.15) is 16.6 Å². The molecular weight excluding hydrogens is 515 g/mol. The van der Waals surface area contributed by atoms with Crippen molar-refractivity contribution in [3.05, 3.63) is 47.7 Å².